The van der Waals surface area contributed by atoms with Crippen LogP contribution in [-0.2, 0) is 0 Å². The molecule has 3 aromatic rings. The fourth-order valence-corrected chi connectivity index (χ4v) is 3.26. The maximum absolute atomic E-state index is 4.37. The fraction of sp³-hybridized carbons (Fsp3) is 0.154. The average Bonchev–Trinajstić information content (AvgIpc) is 3.10. The summed E-state index contributed by atoms with van der Waals surface area (Å²) >= 11 is 5.20. The van der Waals surface area contributed by atoms with Crippen LogP contribution in [0.15, 0.2) is 46.9 Å². The highest BCUT2D eigenvalue weighted by atomic mass is 79.9. The molecule has 7 heteroatoms. The number of halogens is 1. The van der Waals surface area contributed by atoms with E-state index in [0.29, 0.717) is 0 Å². The first kappa shape index (κ1) is 13.3. The van der Waals surface area contributed by atoms with E-state index in [1.807, 2.05) is 12.1 Å². The van der Waals surface area contributed by atoms with Crippen molar-refractivity contribution in [1.29, 1.82) is 0 Å². The zero-order chi connectivity index (χ0) is 13.9. The summed E-state index contributed by atoms with van der Waals surface area (Å²) in [4.78, 5) is 9.54. The lowest BCUT2D eigenvalue weighted by Crippen LogP contribution is -2.06. The molecule has 3 heterocycles. The molecule has 0 saturated heterocycles. The summed E-state index contributed by atoms with van der Waals surface area (Å²) in [6.07, 6.45) is 4.92. The summed E-state index contributed by atoms with van der Waals surface area (Å²) in [5, 5.41) is 9.56. The molecule has 3 aromatic heterocycles. The zero-order valence-corrected chi connectivity index (χ0v) is 13.1. The molecule has 5 nitrogen and oxygen atoms in total. The van der Waals surface area contributed by atoms with Gasteiger partial charge in [0, 0.05) is 14.7 Å². The predicted octanol–water partition coefficient (Wildman–Crippen LogP) is 3.66. The molecule has 0 amide bonds. The molecule has 1 atom stereocenters. The monoisotopic (exact) mass is 349 g/mol. The highest BCUT2D eigenvalue weighted by Gasteiger charge is 2.08. The zero-order valence-electron chi connectivity index (χ0n) is 10.7. The number of thiophene rings is 1. The minimum atomic E-state index is 0.241. The molecule has 0 aromatic carbocycles. The van der Waals surface area contributed by atoms with Crippen molar-refractivity contribution in [3.8, 4) is 5.82 Å². The van der Waals surface area contributed by atoms with Gasteiger partial charge in [0.25, 0.3) is 0 Å². The topological polar surface area (TPSA) is 55.6 Å². The molecule has 20 heavy (non-hydrogen) atoms. The van der Waals surface area contributed by atoms with Crippen molar-refractivity contribution in [2.24, 2.45) is 0 Å². The Balaban J connectivity index is 1.72. The average molecular weight is 350 g/mol. The van der Waals surface area contributed by atoms with Crippen molar-refractivity contribution in [3.63, 3.8) is 0 Å². The summed E-state index contributed by atoms with van der Waals surface area (Å²) in [7, 11) is 0. The molecule has 0 aliphatic heterocycles. The number of nitrogens with one attached hydrogen (secondary N) is 1. The van der Waals surface area contributed by atoms with Crippen LogP contribution in [-0.4, -0.2) is 19.7 Å². The Morgan fingerprint density at radius 2 is 2.30 bits per heavy atom. The maximum atomic E-state index is 4.37. The van der Waals surface area contributed by atoms with E-state index in [4.69, 9.17) is 0 Å². The molecule has 1 N–H and O–H groups in total. The predicted molar refractivity (Wildman–Crippen MR) is 83.2 cm³/mol. The molecule has 0 fully saturated rings. The second-order valence-electron chi connectivity index (χ2n) is 4.28. The second-order valence-corrected chi connectivity index (χ2v) is 6.14. The SMILES string of the molecule is CC(Nc1ccc(-n2cncn2)nc1)c1cc(Br)cs1. The number of rotatable bonds is 4. The number of nitrogens with zero attached hydrogens (tertiary/aromatic N) is 4. The fourth-order valence-electron chi connectivity index (χ4n) is 1.81. The second kappa shape index (κ2) is 5.72. The Morgan fingerprint density at radius 3 is 2.90 bits per heavy atom. The molecule has 0 aliphatic rings. The molecular formula is C13H12BrN5S. The minimum Gasteiger partial charge on any atom is -0.376 e. The summed E-state index contributed by atoms with van der Waals surface area (Å²) in [6, 6.07) is 6.27. The summed E-state index contributed by atoms with van der Waals surface area (Å²) < 4.78 is 2.75. The van der Waals surface area contributed by atoms with Gasteiger partial charge in [-0.1, -0.05) is 0 Å². The maximum Gasteiger partial charge on any atom is 0.155 e. The van der Waals surface area contributed by atoms with E-state index in [2.05, 4.69) is 54.7 Å². The Kier molecular flexibility index (Phi) is 3.79. The minimum absolute atomic E-state index is 0.241. The third-order valence-corrected chi connectivity index (χ3v) is 4.68. The third kappa shape index (κ3) is 2.88. The standard InChI is InChI=1S/C13H12BrN5S/c1-9(12-4-10(14)6-20-12)18-11-2-3-13(16-5-11)19-8-15-7-17-19/h2-9,18H,1H3. The number of pyridine rings is 1. The van der Waals surface area contributed by atoms with Crippen LogP contribution in [0, 0.1) is 0 Å². The number of hydrogen-bond acceptors (Lipinski definition) is 5. The van der Waals surface area contributed by atoms with Crippen LogP contribution in [0.25, 0.3) is 5.82 Å². The Bertz CT molecular complexity index is 677. The van der Waals surface area contributed by atoms with Crippen LogP contribution in [0.2, 0.25) is 0 Å². The van der Waals surface area contributed by atoms with E-state index in [1.165, 1.54) is 11.2 Å². The number of aromatic nitrogens is 4. The van der Waals surface area contributed by atoms with Crippen molar-refractivity contribution in [2.45, 2.75) is 13.0 Å². The number of anilines is 1. The van der Waals surface area contributed by atoms with E-state index in [9.17, 15) is 0 Å². The van der Waals surface area contributed by atoms with Gasteiger partial charge in [0.15, 0.2) is 5.82 Å². The molecule has 0 aliphatic carbocycles. The van der Waals surface area contributed by atoms with Crippen molar-refractivity contribution in [2.75, 3.05) is 5.32 Å². The first-order valence-corrected chi connectivity index (χ1v) is 7.71. The van der Waals surface area contributed by atoms with Gasteiger partial charge in [-0.2, -0.15) is 5.10 Å². The quantitative estimate of drug-likeness (QED) is 0.780. The number of hydrogen-bond donors (Lipinski definition) is 1. The van der Waals surface area contributed by atoms with Crippen molar-refractivity contribution >= 4 is 33.0 Å². The molecule has 3 rings (SSSR count). The van der Waals surface area contributed by atoms with Crippen LogP contribution < -0.4 is 5.32 Å². The van der Waals surface area contributed by atoms with Crippen molar-refractivity contribution < 1.29 is 0 Å². The molecule has 0 saturated carbocycles. The molecule has 0 bridgehead atoms. The van der Waals surface area contributed by atoms with Crippen LogP contribution in [0.5, 0.6) is 0 Å². The van der Waals surface area contributed by atoms with Gasteiger partial charge >= 0.3 is 0 Å². The van der Waals surface area contributed by atoms with Gasteiger partial charge in [-0.3, -0.25) is 0 Å². The van der Waals surface area contributed by atoms with E-state index in [-0.39, 0.29) is 6.04 Å². The van der Waals surface area contributed by atoms with Crippen molar-refractivity contribution in [3.05, 3.63) is 51.8 Å². The van der Waals surface area contributed by atoms with Gasteiger partial charge in [0.2, 0.25) is 0 Å². The van der Waals surface area contributed by atoms with Gasteiger partial charge < -0.3 is 5.32 Å². The van der Waals surface area contributed by atoms with E-state index in [0.717, 1.165) is 16.0 Å². The third-order valence-electron chi connectivity index (χ3n) is 2.80. The van der Waals surface area contributed by atoms with Gasteiger partial charge in [0.05, 0.1) is 17.9 Å². The van der Waals surface area contributed by atoms with Crippen LogP contribution in [0.3, 0.4) is 0 Å². The lowest BCUT2D eigenvalue weighted by atomic mass is 10.2. The lowest BCUT2D eigenvalue weighted by molar-refractivity contribution is 0.842. The molecule has 0 spiro atoms. The molecular weight excluding hydrogens is 338 g/mol. The van der Waals surface area contributed by atoms with Crippen LogP contribution >= 0.6 is 27.3 Å². The Morgan fingerprint density at radius 1 is 1.40 bits per heavy atom. The normalized spacial score (nSPS) is 12.3. The van der Waals surface area contributed by atoms with Crippen LogP contribution in [0.4, 0.5) is 5.69 Å². The smallest absolute Gasteiger partial charge is 0.155 e. The first-order chi connectivity index (χ1) is 9.72. The highest BCUT2D eigenvalue weighted by Crippen LogP contribution is 2.27. The lowest BCUT2D eigenvalue weighted by Gasteiger charge is -2.13. The molecule has 0 radical (unpaired) electrons. The van der Waals surface area contributed by atoms with E-state index >= 15 is 0 Å². The van der Waals surface area contributed by atoms with Crippen LogP contribution in [0.1, 0.15) is 17.8 Å². The van der Waals surface area contributed by atoms with E-state index < -0.39 is 0 Å². The Hall–Kier alpha value is -1.73. The summed E-state index contributed by atoms with van der Waals surface area (Å²) in [5.74, 6) is 0.750. The van der Waals surface area contributed by atoms with E-state index in [1.54, 1.807) is 28.5 Å². The summed E-state index contributed by atoms with van der Waals surface area (Å²) in [6.45, 7) is 2.13. The van der Waals surface area contributed by atoms with Gasteiger partial charge in [0.1, 0.15) is 12.7 Å². The van der Waals surface area contributed by atoms with Gasteiger partial charge in [-0.15, -0.1) is 11.3 Å². The molecule has 102 valence electrons. The van der Waals surface area contributed by atoms with Crippen molar-refractivity contribution in [1.82, 2.24) is 19.7 Å². The largest absolute Gasteiger partial charge is 0.376 e. The van der Waals surface area contributed by atoms with Gasteiger partial charge in [-0.25, -0.2) is 14.6 Å². The highest BCUT2D eigenvalue weighted by molar-refractivity contribution is 9.10. The summed E-state index contributed by atoms with van der Waals surface area (Å²) in [5.41, 5.74) is 0.978. The molecule has 1 unspecified atom stereocenters. The first-order valence-electron chi connectivity index (χ1n) is 6.04. The Labute approximate surface area is 128 Å². The van der Waals surface area contributed by atoms with Gasteiger partial charge in [-0.05, 0) is 41.1 Å².